The molecule has 1 aromatic carbocycles. The predicted octanol–water partition coefficient (Wildman–Crippen LogP) is 2.90. The Morgan fingerprint density at radius 2 is 2.23 bits per heavy atom. The van der Waals surface area contributed by atoms with Crippen LogP contribution >= 0.6 is 15.9 Å². The maximum Gasteiger partial charge on any atom is 0.0711 e. The zero-order valence-electron chi connectivity index (χ0n) is 7.71. The smallest absolute Gasteiger partial charge is 0.0711 e. The fourth-order valence-electron chi connectivity index (χ4n) is 1.60. The molecule has 0 amide bonds. The van der Waals surface area contributed by atoms with E-state index in [2.05, 4.69) is 40.1 Å². The Hall–Kier alpha value is -0.830. The molecular formula is C10H11BrN2. The molecule has 0 aliphatic rings. The lowest BCUT2D eigenvalue weighted by Gasteiger charge is -1.95. The van der Waals surface area contributed by atoms with Gasteiger partial charge in [0.05, 0.1) is 11.2 Å². The van der Waals surface area contributed by atoms with Crippen LogP contribution in [0.15, 0.2) is 22.7 Å². The van der Waals surface area contributed by atoms with Gasteiger partial charge in [-0.3, -0.25) is 4.68 Å². The van der Waals surface area contributed by atoms with Crippen LogP contribution in [0, 0.1) is 0 Å². The summed E-state index contributed by atoms with van der Waals surface area (Å²) in [5.74, 6) is 0. The van der Waals surface area contributed by atoms with Gasteiger partial charge in [0.2, 0.25) is 0 Å². The Balaban J connectivity index is 2.89. The zero-order valence-corrected chi connectivity index (χ0v) is 9.30. The van der Waals surface area contributed by atoms with Crippen LogP contribution < -0.4 is 0 Å². The van der Waals surface area contributed by atoms with E-state index in [9.17, 15) is 0 Å². The van der Waals surface area contributed by atoms with Crippen molar-refractivity contribution in [3.05, 3.63) is 28.4 Å². The number of benzene rings is 1. The van der Waals surface area contributed by atoms with Crippen LogP contribution in [0.4, 0.5) is 0 Å². The number of halogens is 1. The van der Waals surface area contributed by atoms with Gasteiger partial charge in [-0.25, -0.2) is 0 Å². The van der Waals surface area contributed by atoms with Gasteiger partial charge in [0.25, 0.3) is 0 Å². The SMILES string of the molecule is CCc1nn(C)c2cccc(Br)c12. The minimum atomic E-state index is 0.972. The highest BCUT2D eigenvalue weighted by atomic mass is 79.9. The van der Waals surface area contributed by atoms with Crippen LogP contribution in [0.5, 0.6) is 0 Å². The third-order valence-corrected chi connectivity index (χ3v) is 2.90. The van der Waals surface area contributed by atoms with Crippen molar-refractivity contribution in [2.45, 2.75) is 13.3 Å². The summed E-state index contributed by atoms with van der Waals surface area (Å²) in [6, 6.07) is 6.18. The van der Waals surface area contributed by atoms with Crippen LogP contribution in [0.3, 0.4) is 0 Å². The van der Waals surface area contributed by atoms with Crippen molar-refractivity contribution in [2.75, 3.05) is 0 Å². The van der Waals surface area contributed by atoms with Crippen LogP contribution in [0.25, 0.3) is 10.9 Å². The lowest BCUT2D eigenvalue weighted by Crippen LogP contribution is -1.90. The number of hydrogen-bond donors (Lipinski definition) is 0. The van der Waals surface area contributed by atoms with E-state index >= 15 is 0 Å². The molecular weight excluding hydrogens is 228 g/mol. The molecule has 0 aliphatic heterocycles. The number of nitrogens with zero attached hydrogens (tertiary/aromatic N) is 2. The van der Waals surface area contributed by atoms with Gasteiger partial charge in [0, 0.05) is 16.9 Å². The third-order valence-electron chi connectivity index (χ3n) is 2.23. The van der Waals surface area contributed by atoms with Gasteiger partial charge in [-0.05, 0) is 18.6 Å². The van der Waals surface area contributed by atoms with Crippen molar-refractivity contribution in [2.24, 2.45) is 7.05 Å². The summed E-state index contributed by atoms with van der Waals surface area (Å²) in [6.07, 6.45) is 0.972. The number of rotatable bonds is 1. The standard InChI is InChI=1S/C10H11BrN2/c1-3-8-10-7(11)5-4-6-9(10)13(2)12-8/h4-6H,3H2,1-2H3. The molecule has 0 bridgehead atoms. The first-order valence-electron chi connectivity index (χ1n) is 4.34. The summed E-state index contributed by atoms with van der Waals surface area (Å²) in [6.45, 7) is 2.13. The monoisotopic (exact) mass is 238 g/mol. The Morgan fingerprint density at radius 3 is 2.92 bits per heavy atom. The van der Waals surface area contributed by atoms with Gasteiger partial charge >= 0.3 is 0 Å². The molecule has 0 fully saturated rings. The van der Waals surface area contributed by atoms with Crippen LogP contribution in [-0.2, 0) is 13.5 Å². The minimum Gasteiger partial charge on any atom is -0.268 e. The first-order valence-corrected chi connectivity index (χ1v) is 5.13. The fraction of sp³-hybridized carbons (Fsp3) is 0.300. The van der Waals surface area contributed by atoms with E-state index in [1.54, 1.807) is 0 Å². The molecule has 0 radical (unpaired) electrons. The van der Waals surface area contributed by atoms with Gasteiger partial charge in [-0.15, -0.1) is 0 Å². The van der Waals surface area contributed by atoms with Gasteiger partial charge in [-0.2, -0.15) is 5.10 Å². The van der Waals surface area contributed by atoms with Crippen molar-refractivity contribution in [3.8, 4) is 0 Å². The molecule has 0 spiro atoms. The van der Waals surface area contributed by atoms with Gasteiger partial charge in [0.1, 0.15) is 0 Å². The normalized spacial score (nSPS) is 11.0. The maximum atomic E-state index is 4.46. The van der Waals surface area contributed by atoms with E-state index in [0.717, 1.165) is 16.6 Å². The Labute approximate surface area is 85.7 Å². The summed E-state index contributed by atoms with van der Waals surface area (Å²) in [5, 5.41) is 5.70. The third kappa shape index (κ3) is 1.27. The summed E-state index contributed by atoms with van der Waals surface area (Å²) < 4.78 is 3.06. The van der Waals surface area contributed by atoms with Crippen LogP contribution in [0.2, 0.25) is 0 Å². The molecule has 2 aromatic rings. The molecule has 2 rings (SSSR count). The van der Waals surface area contributed by atoms with E-state index < -0.39 is 0 Å². The topological polar surface area (TPSA) is 17.8 Å². The van der Waals surface area contributed by atoms with Crippen molar-refractivity contribution >= 4 is 26.8 Å². The molecule has 0 atom stereocenters. The van der Waals surface area contributed by atoms with Gasteiger partial charge in [0.15, 0.2) is 0 Å². The second kappa shape index (κ2) is 3.14. The predicted molar refractivity (Wildman–Crippen MR) is 57.8 cm³/mol. The van der Waals surface area contributed by atoms with E-state index in [-0.39, 0.29) is 0 Å². The number of hydrogen-bond acceptors (Lipinski definition) is 1. The molecule has 68 valence electrons. The lowest BCUT2D eigenvalue weighted by atomic mass is 10.2. The molecule has 0 saturated carbocycles. The molecule has 1 aromatic heterocycles. The molecule has 0 unspecified atom stereocenters. The van der Waals surface area contributed by atoms with Crippen molar-refractivity contribution in [1.29, 1.82) is 0 Å². The average Bonchev–Trinajstić information content (AvgIpc) is 2.45. The second-order valence-corrected chi connectivity index (χ2v) is 3.91. The molecule has 0 N–H and O–H groups in total. The average molecular weight is 239 g/mol. The number of aryl methyl sites for hydroxylation is 2. The summed E-state index contributed by atoms with van der Waals surface area (Å²) >= 11 is 3.55. The summed E-state index contributed by atoms with van der Waals surface area (Å²) in [5.41, 5.74) is 2.34. The summed E-state index contributed by atoms with van der Waals surface area (Å²) in [7, 11) is 1.98. The van der Waals surface area contributed by atoms with E-state index in [0.29, 0.717) is 0 Å². The highest BCUT2D eigenvalue weighted by molar-refractivity contribution is 9.10. The quantitative estimate of drug-likeness (QED) is 0.748. The molecule has 1 heterocycles. The van der Waals surface area contributed by atoms with E-state index in [1.807, 2.05) is 17.8 Å². The Bertz CT molecular complexity index is 445. The first-order chi connectivity index (χ1) is 6.24. The van der Waals surface area contributed by atoms with Crippen LogP contribution in [-0.4, -0.2) is 9.78 Å². The van der Waals surface area contributed by atoms with Crippen LogP contribution in [0.1, 0.15) is 12.6 Å². The highest BCUT2D eigenvalue weighted by Gasteiger charge is 2.08. The van der Waals surface area contributed by atoms with E-state index in [1.165, 1.54) is 10.9 Å². The van der Waals surface area contributed by atoms with Gasteiger partial charge < -0.3 is 0 Å². The van der Waals surface area contributed by atoms with Crippen molar-refractivity contribution in [3.63, 3.8) is 0 Å². The first kappa shape index (κ1) is 8.75. The Kier molecular flexibility index (Phi) is 2.12. The minimum absolute atomic E-state index is 0.972. The maximum absolute atomic E-state index is 4.46. The number of aromatic nitrogens is 2. The molecule has 3 heteroatoms. The van der Waals surface area contributed by atoms with Gasteiger partial charge in [-0.1, -0.05) is 28.9 Å². The molecule has 0 aliphatic carbocycles. The highest BCUT2D eigenvalue weighted by Crippen LogP contribution is 2.26. The zero-order chi connectivity index (χ0) is 9.42. The van der Waals surface area contributed by atoms with Crippen molar-refractivity contribution < 1.29 is 0 Å². The largest absolute Gasteiger partial charge is 0.268 e. The molecule has 0 saturated heterocycles. The second-order valence-electron chi connectivity index (χ2n) is 3.06. The molecule has 2 nitrogen and oxygen atoms in total. The van der Waals surface area contributed by atoms with Crippen molar-refractivity contribution in [1.82, 2.24) is 9.78 Å². The number of fused-ring (bicyclic) bond motifs is 1. The Morgan fingerprint density at radius 1 is 1.46 bits per heavy atom. The van der Waals surface area contributed by atoms with E-state index in [4.69, 9.17) is 0 Å². The molecule has 13 heavy (non-hydrogen) atoms. The lowest BCUT2D eigenvalue weighted by molar-refractivity contribution is 0.770. The summed E-state index contributed by atoms with van der Waals surface area (Å²) in [4.78, 5) is 0. The fourth-order valence-corrected chi connectivity index (χ4v) is 2.19.